The summed E-state index contributed by atoms with van der Waals surface area (Å²) in [5, 5.41) is 9.86. The molecule has 0 fully saturated rings. The van der Waals surface area contributed by atoms with Crippen molar-refractivity contribution in [1.29, 1.82) is 0 Å². The van der Waals surface area contributed by atoms with Crippen LogP contribution in [0.15, 0.2) is 42.5 Å². The number of carbonyl (C=O) groups is 1. The molecule has 0 unspecified atom stereocenters. The van der Waals surface area contributed by atoms with E-state index in [1.807, 2.05) is 0 Å². The van der Waals surface area contributed by atoms with Gasteiger partial charge in [-0.3, -0.25) is 14.3 Å². The van der Waals surface area contributed by atoms with E-state index in [0.29, 0.717) is 16.7 Å². The van der Waals surface area contributed by atoms with Crippen LogP contribution in [0.2, 0.25) is 0 Å². The molecule has 142 valence electrons. The Kier molecular flexibility index (Phi) is 5.29. The molecule has 27 heavy (non-hydrogen) atoms. The standard InChI is InChI=1S/C18H15F4N3O2/c19-8-1-9-27-13-6-7-15-14(10-13)16(25-24-15)23-17(26)11-2-4-12(5-3-11)18(20,21)22/h2-7,10H,1,8-9H2,(H2,23,24,25,26). The molecule has 0 aliphatic heterocycles. The zero-order valence-corrected chi connectivity index (χ0v) is 13.9. The molecule has 1 amide bonds. The normalized spacial score (nSPS) is 11.6. The van der Waals surface area contributed by atoms with Gasteiger partial charge in [0.25, 0.3) is 5.91 Å². The lowest BCUT2D eigenvalue weighted by Crippen LogP contribution is -2.13. The van der Waals surface area contributed by atoms with Crippen LogP contribution in [0.1, 0.15) is 22.3 Å². The van der Waals surface area contributed by atoms with E-state index in [4.69, 9.17) is 4.74 Å². The molecule has 1 heterocycles. The highest BCUT2D eigenvalue weighted by Gasteiger charge is 2.30. The molecule has 0 radical (unpaired) electrons. The maximum atomic E-state index is 12.6. The Morgan fingerprint density at radius 2 is 1.89 bits per heavy atom. The smallest absolute Gasteiger partial charge is 0.416 e. The van der Waals surface area contributed by atoms with Gasteiger partial charge in [0.15, 0.2) is 5.82 Å². The molecule has 3 aromatic rings. The van der Waals surface area contributed by atoms with E-state index in [0.717, 1.165) is 24.3 Å². The van der Waals surface area contributed by atoms with E-state index < -0.39 is 24.3 Å². The number of carbonyl (C=O) groups excluding carboxylic acids is 1. The number of benzene rings is 2. The predicted molar refractivity (Wildman–Crippen MR) is 91.6 cm³/mol. The van der Waals surface area contributed by atoms with E-state index in [9.17, 15) is 22.4 Å². The number of nitrogens with zero attached hydrogens (tertiary/aromatic N) is 1. The van der Waals surface area contributed by atoms with Crippen LogP contribution in [0.5, 0.6) is 5.75 Å². The van der Waals surface area contributed by atoms with E-state index in [-0.39, 0.29) is 24.4 Å². The number of aromatic nitrogens is 2. The molecule has 2 aromatic carbocycles. The Bertz CT molecular complexity index is 936. The first-order chi connectivity index (χ1) is 12.9. The van der Waals surface area contributed by atoms with Gasteiger partial charge in [0.1, 0.15) is 5.75 Å². The van der Waals surface area contributed by atoms with Crippen LogP contribution < -0.4 is 10.1 Å². The first-order valence-electron chi connectivity index (χ1n) is 8.04. The zero-order valence-electron chi connectivity index (χ0n) is 13.9. The molecule has 0 aliphatic carbocycles. The molecule has 0 saturated heterocycles. The van der Waals surface area contributed by atoms with Gasteiger partial charge >= 0.3 is 6.18 Å². The van der Waals surface area contributed by atoms with Gasteiger partial charge in [-0.25, -0.2) is 0 Å². The van der Waals surface area contributed by atoms with Crippen molar-refractivity contribution in [3.8, 4) is 5.75 Å². The molecule has 0 atom stereocenters. The van der Waals surface area contributed by atoms with E-state index in [2.05, 4.69) is 15.5 Å². The molecular formula is C18H15F4N3O2. The SMILES string of the molecule is O=C(Nc1n[nH]c2ccc(OCCCF)cc12)c1ccc(C(F)(F)F)cc1. The third-order valence-electron chi connectivity index (χ3n) is 3.79. The first kappa shape index (κ1) is 18.7. The van der Waals surface area contributed by atoms with Gasteiger partial charge in [-0.15, -0.1) is 0 Å². The second kappa shape index (κ2) is 7.65. The second-order valence-electron chi connectivity index (χ2n) is 5.70. The van der Waals surface area contributed by atoms with Crippen LogP contribution >= 0.6 is 0 Å². The van der Waals surface area contributed by atoms with Crippen molar-refractivity contribution in [2.24, 2.45) is 0 Å². The Labute approximate surface area is 151 Å². The molecule has 0 aliphatic rings. The fourth-order valence-electron chi connectivity index (χ4n) is 2.41. The Balaban J connectivity index is 1.77. The highest BCUT2D eigenvalue weighted by Crippen LogP contribution is 2.29. The summed E-state index contributed by atoms with van der Waals surface area (Å²) in [5.74, 6) is 0.106. The van der Waals surface area contributed by atoms with Crippen molar-refractivity contribution in [2.75, 3.05) is 18.6 Å². The lowest BCUT2D eigenvalue weighted by atomic mass is 10.1. The van der Waals surface area contributed by atoms with Gasteiger partial charge in [-0.05, 0) is 42.5 Å². The summed E-state index contributed by atoms with van der Waals surface area (Å²) >= 11 is 0. The monoisotopic (exact) mass is 381 g/mol. The predicted octanol–water partition coefficient (Wildman–Crippen LogP) is 4.57. The summed E-state index contributed by atoms with van der Waals surface area (Å²) in [7, 11) is 0. The molecule has 0 saturated carbocycles. The number of fused-ring (bicyclic) bond motifs is 1. The van der Waals surface area contributed by atoms with Gasteiger partial charge in [-0.2, -0.15) is 18.3 Å². The van der Waals surface area contributed by atoms with Crippen molar-refractivity contribution < 1.29 is 27.1 Å². The molecule has 1 aromatic heterocycles. The molecule has 3 rings (SSSR count). The number of amides is 1. The second-order valence-corrected chi connectivity index (χ2v) is 5.70. The topological polar surface area (TPSA) is 67.0 Å². The Morgan fingerprint density at radius 1 is 1.15 bits per heavy atom. The number of rotatable bonds is 6. The third-order valence-corrected chi connectivity index (χ3v) is 3.79. The van der Waals surface area contributed by atoms with E-state index >= 15 is 0 Å². The van der Waals surface area contributed by atoms with Crippen molar-refractivity contribution in [2.45, 2.75) is 12.6 Å². The first-order valence-corrected chi connectivity index (χ1v) is 8.04. The van der Waals surface area contributed by atoms with Crippen molar-refractivity contribution >= 4 is 22.6 Å². The maximum absolute atomic E-state index is 12.6. The minimum Gasteiger partial charge on any atom is -0.493 e. The highest BCUT2D eigenvalue weighted by atomic mass is 19.4. The minimum absolute atomic E-state index is 0.0644. The number of nitrogens with one attached hydrogen (secondary N) is 2. The molecule has 5 nitrogen and oxygen atoms in total. The Morgan fingerprint density at radius 3 is 2.56 bits per heavy atom. The highest BCUT2D eigenvalue weighted by molar-refractivity contribution is 6.08. The summed E-state index contributed by atoms with van der Waals surface area (Å²) in [6.07, 6.45) is -4.20. The Hall–Kier alpha value is -3.10. The van der Waals surface area contributed by atoms with Crippen molar-refractivity contribution in [3.05, 3.63) is 53.6 Å². The fraction of sp³-hybridized carbons (Fsp3) is 0.222. The van der Waals surface area contributed by atoms with Crippen molar-refractivity contribution in [3.63, 3.8) is 0 Å². The number of hydrogen-bond donors (Lipinski definition) is 2. The summed E-state index contributed by atoms with van der Waals surface area (Å²) in [5.41, 5.74) is -0.135. The van der Waals surface area contributed by atoms with Gasteiger partial charge in [0.05, 0.1) is 24.4 Å². The lowest BCUT2D eigenvalue weighted by molar-refractivity contribution is -0.137. The lowest BCUT2D eigenvalue weighted by Gasteiger charge is -2.08. The molecule has 0 bridgehead atoms. The van der Waals surface area contributed by atoms with Gasteiger partial charge < -0.3 is 10.1 Å². The van der Waals surface area contributed by atoms with Gasteiger partial charge in [0, 0.05) is 17.4 Å². The zero-order chi connectivity index (χ0) is 19.4. The number of ether oxygens (including phenoxy) is 1. The summed E-state index contributed by atoms with van der Waals surface area (Å²) in [4.78, 5) is 12.3. The van der Waals surface area contributed by atoms with E-state index in [1.165, 1.54) is 0 Å². The van der Waals surface area contributed by atoms with E-state index in [1.54, 1.807) is 18.2 Å². The summed E-state index contributed by atoms with van der Waals surface area (Å²) in [6.45, 7) is -0.268. The number of H-pyrrole nitrogens is 1. The van der Waals surface area contributed by atoms with Crippen LogP contribution in [0, 0.1) is 0 Å². The fourth-order valence-corrected chi connectivity index (χ4v) is 2.41. The summed E-state index contributed by atoms with van der Waals surface area (Å²) < 4.78 is 55.4. The van der Waals surface area contributed by atoms with Crippen LogP contribution in [-0.4, -0.2) is 29.4 Å². The average Bonchev–Trinajstić information content (AvgIpc) is 3.03. The quantitative estimate of drug-likeness (QED) is 0.485. The van der Waals surface area contributed by atoms with Crippen LogP contribution in [0.25, 0.3) is 10.9 Å². The summed E-state index contributed by atoms with van der Waals surface area (Å²) in [6, 6.07) is 8.89. The van der Waals surface area contributed by atoms with Crippen LogP contribution in [0.3, 0.4) is 0 Å². The third kappa shape index (κ3) is 4.36. The number of halogens is 4. The van der Waals surface area contributed by atoms with Gasteiger partial charge in [-0.1, -0.05) is 0 Å². The van der Waals surface area contributed by atoms with Crippen LogP contribution in [-0.2, 0) is 6.18 Å². The number of hydrogen-bond acceptors (Lipinski definition) is 3. The van der Waals surface area contributed by atoms with Gasteiger partial charge in [0.2, 0.25) is 0 Å². The molecule has 0 spiro atoms. The number of anilines is 1. The largest absolute Gasteiger partial charge is 0.493 e. The maximum Gasteiger partial charge on any atom is 0.416 e. The molecule has 2 N–H and O–H groups in total. The average molecular weight is 381 g/mol. The number of alkyl halides is 4. The van der Waals surface area contributed by atoms with Crippen LogP contribution in [0.4, 0.5) is 23.4 Å². The minimum atomic E-state index is -4.47. The molecule has 9 heteroatoms. The molecular weight excluding hydrogens is 366 g/mol. The number of aromatic amines is 1. The van der Waals surface area contributed by atoms with Crippen molar-refractivity contribution in [1.82, 2.24) is 10.2 Å².